The monoisotopic (exact) mass is 246 g/mol. The minimum absolute atomic E-state index is 0.147. The van der Waals surface area contributed by atoms with Gasteiger partial charge >= 0.3 is 0 Å². The van der Waals surface area contributed by atoms with Crippen LogP contribution in [0.5, 0.6) is 5.75 Å². The Morgan fingerprint density at radius 2 is 2.22 bits per heavy atom. The third-order valence-corrected chi connectivity index (χ3v) is 3.56. The first-order chi connectivity index (χ1) is 8.84. The van der Waals surface area contributed by atoms with Crippen molar-refractivity contribution in [2.45, 2.75) is 12.8 Å². The molecule has 1 aromatic carbocycles. The van der Waals surface area contributed by atoms with Crippen LogP contribution in [0.15, 0.2) is 18.2 Å². The molecule has 0 unspecified atom stereocenters. The van der Waals surface area contributed by atoms with E-state index in [1.54, 1.807) is 0 Å². The topological polar surface area (TPSA) is 41.6 Å². The number of nitrogens with zero attached hydrogens (tertiary/aromatic N) is 1. The molecule has 1 N–H and O–H groups in total. The van der Waals surface area contributed by atoms with Gasteiger partial charge < -0.3 is 15.0 Å². The van der Waals surface area contributed by atoms with Gasteiger partial charge in [-0.05, 0) is 36.7 Å². The summed E-state index contributed by atoms with van der Waals surface area (Å²) >= 11 is 0. The molecule has 0 aliphatic carbocycles. The second-order valence-corrected chi connectivity index (χ2v) is 4.82. The molecular weight excluding hydrogens is 228 g/mol. The van der Waals surface area contributed by atoms with Crippen molar-refractivity contribution in [2.24, 2.45) is 0 Å². The third-order valence-electron chi connectivity index (χ3n) is 3.56. The highest BCUT2D eigenvalue weighted by molar-refractivity contribution is 5.94. The van der Waals surface area contributed by atoms with Crippen LogP contribution >= 0.6 is 0 Å². The maximum absolute atomic E-state index is 12.4. The Balaban J connectivity index is 1.79. The van der Waals surface area contributed by atoms with Crippen LogP contribution in [0.2, 0.25) is 0 Å². The molecule has 96 valence electrons. The lowest BCUT2D eigenvalue weighted by atomic mass is 10.1. The molecule has 1 saturated heterocycles. The average molecular weight is 246 g/mol. The van der Waals surface area contributed by atoms with Crippen molar-refractivity contribution in [3.05, 3.63) is 29.3 Å². The first-order valence-corrected chi connectivity index (χ1v) is 6.60. The number of rotatable bonds is 1. The zero-order valence-electron chi connectivity index (χ0n) is 10.4. The van der Waals surface area contributed by atoms with Gasteiger partial charge in [-0.2, -0.15) is 0 Å². The molecule has 0 bridgehead atoms. The van der Waals surface area contributed by atoms with Crippen LogP contribution < -0.4 is 10.1 Å². The van der Waals surface area contributed by atoms with E-state index in [4.69, 9.17) is 4.74 Å². The lowest BCUT2D eigenvalue weighted by Gasteiger charge is -2.20. The van der Waals surface area contributed by atoms with Crippen LogP contribution in [-0.2, 0) is 6.42 Å². The van der Waals surface area contributed by atoms with Gasteiger partial charge in [-0.25, -0.2) is 0 Å². The summed E-state index contributed by atoms with van der Waals surface area (Å²) < 4.78 is 5.46. The second-order valence-electron chi connectivity index (χ2n) is 4.82. The Kier molecular flexibility index (Phi) is 3.19. The van der Waals surface area contributed by atoms with Crippen LogP contribution in [0.3, 0.4) is 0 Å². The summed E-state index contributed by atoms with van der Waals surface area (Å²) in [7, 11) is 0. The Bertz CT molecular complexity index is 451. The number of hydrogen-bond donors (Lipinski definition) is 1. The molecule has 1 fully saturated rings. The molecule has 18 heavy (non-hydrogen) atoms. The standard InChI is InChI=1S/C14H18N2O2/c17-14(16-7-1-5-15-6-8-16)12-2-3-13-11(10-12)4-9-18-13/h2-3,10,15H,1,4-9H2. The van der Waals surface area contributed by atoms with E-state index >= 15 is 0 Å². The summed E-state index contributed by atoms with van der Waals surface area (Å²) in [4.78, 5) is 14.4. The molecular formula is C14H18N2O2. The average Bonchev–Trinajstić information content (AvgIpc) is 2.69. The molecule has 1 amide bonds. The summed E-state index contributed by atoms with van der Waals surface area (Å²) in [5, 5.41) is 3.31. The Morgan fingerprint density at radius 1 is 1.28 bits per heavy atom. The van der Waals surface area contributed by atoms with Gasteiger partial charge in [0.15, 0.2) is 0 Å². The van der Waals surface area contributed by atoms with E-state index in [2.05, 4.69) is 5.32 Å². The molecule has 3 rings (SSSR count). The molecule has 0 atom stereocenters. The van der Waals surface area contributed by atoms with Crippen LogP contribution in [0.1, 0.15) is 22.3 Å². The summed E-state index contributed by atoms with van der Waals surface area (Å²) in [6.45, 7) is 4.27. The number of carbonyl (C=O) groups is 1. The lowest BCUT2D eigenvalue weighted by molar-refractivity contribution is 0.0766. The van der Waals surface area contributed by atoms with E-state index in [0.717, 1.165) is 62.5 Å². The normalized spacial score (nSPS) is 19.0. The van der Waals surface area contributed by atoms with Gasteiger partial charge in [0.25, 0.3) is 5.91 Å². The van der Waals surface area contributed by atoms with Crippen molar-refractivity contribution in [3.8, 4) is 5.75 Å². The number of hydrogen-bond acceptors (Lipinski definition) is 3. The fraction of sp³-hybridized carbons (Fsp3) is 0.500. The molecule has 0 spiro atoms. The molecule has 0 aromatic heterocycles. The van der Waals surface area contributed by atoms with E-state index in [9.17, 15) is 4.79 Å². The van der Waals surface area contributed by atoms with E-state index in [1.807, 2.05) is 23.1 Å². The summed E-state index contributed by atoms with van der Waals surface area (Å²) in [5.41, 5.74) is 1.95. The van der Waals surface area contributed by atoms with Crippen molar-refractivity contribution < 1.29 is 9.53 Å². The first-order valence-electron chi connectivity index (χ1n) is 6.60. The Labute approximate surface area is 107 Å². The maximum atomic E-state index is 12.4. The molecule has 2 aliphatic heterocycles. The predicted octanol–water partition coefficient (Wildman–Crippen LogP) is 1.06. The van der Waals surface area contributed by atoms with Crippen molar-refractivity contribution in [1.82, 2.24) is 10.2 Å². The van der Waals surface area contributed by atoms with Gasteiger partial charge in [-0.3, -0.25) is 4.79 Å². The second kappa shape index (κ2) is 4.98. The number of fused-ring (bicyclic) bond motifs is 1. The van der Waals surface area contributed by atoms with Crippen LogP contribution in [0.4, 0.5) is 0 Å². The summed E-state index contributed by atoms with van der Waals surface area (Å²) in [6.07, 6.45) is 1.94. The van der Waals surface area contributed by atoms with Crippen LogP contribution in [0.25, 0.3) is 0 Å². The van der Waals surface area contributed by atoms with E-state index in [1.165, 1.54) is 0 Å². The third kappa shape index (κ3) is 2.20. The minimum Gasteiger partial charge on any atom is -0.493 e. The number of benzene rings is 1. The number of nitrogens with one attached hydrogen (secondary N) is 1. The number of amides is 1. The molecule has 1 aromatic rings. The van der Waals surface area contributed by atoms with Crippen molar-refractivity contribution in [1.29, 1.82) is 0 Å². The van der Waals surface area contributed by atoms with E-state index in [0.29, 0.717) is 0 Å². The van der Waals surface area contributed by atoms with Gasteiger partial charge in [-0.15, -0.1) is 0 Å². The van der Waals surface area contributed by atoms with Gasteiger partial charge in [-0.1, -0.05) is 0 Å². The largest absolute Gasteiger partial charge is 0.493 e. The maximum Gasteiger partial charge on any atom is 0.253 e. The summed E-state index contributed by atoms with van der Waals surface area (Å²) in [6, 6.07) is 5.79. The molecule has 2 heterocycles. The fourth-order valence-corrected chi connectivity index (χ4v) is 2.55. The highest BCUT2D eigenvalue weighted by Crippen LogP contribution is 2.26. The molecule has 0 saturated carbocycles. The predicted molar refractivity (Wildman–Crippen MR) is 69.0 cm³/mol. The molecule has 4 nitrogen and oxygen atoms in total. The highest BCUT2D eigenvalue weighted by atomic mass is 16.5. The molecule has 4 heteroatoms. The van der Waals surface area contributed by atoms with E-state index in [-0.39, 0.29) is 5.91 Å². The smallest absolute Gasteiger partial charge is 0.253 e. The van der Waals surface area contributed by atoms with Crippen LogP contribution in [0, 0.1) is 0 Å². The van der Waals surface area contributed by atoms with Crippen LogP contribution in [-0.4, -0.2) is 43.6 Å². The van der Waals surface area contributed by atoms with Gasteiger partial charge in [0.1, 0.15) is 5.75 Å². The minimum atomic E-state index is 0.147. The quantitative estimate of drug-likeness (QED) is 0.805. The lowest BCUT2D eigenvalue weighted by Crippen LogP contribution is -2.34. The van der Waals surface area contributed by atoms with Crippen molar-refractivity contribution >= 4 is 5.91 Å². The van der Waals surface area contributed by atoms with Gasteiger partial charge in [0.2, 0.25) is 0 Å². The van der Waals surface area contributed by atoms with Crippen molar-refractivity contribution in [2.75, 3.05) is 32.8 Å². The number of ether oxygens (including phenoxy) is 1. The molecule has 2 aliphatic rings. The zero-order valence-corrected chi connectivity index (χ0v) is 10.4. The Morgan fingerprint density at radius 3 is 3.17 bits per heavy atom. The first kappa shape index (κ1) is 11.5. The number of carbonyl (C=O) groups excluding carboxylic acids is 1. The van der Waals surface area contributed by atoms with E-state index < -0.39 is 0 Å². The molecule has 0 radical (unpaired) electrons. The highest BCUT2D eigenvalue weighted by Gasteiger charge is 2.19. The summed E-state index contributed by atoms with van der Waals surface area (Å²) in [5.74, 6) is 1.08. The van der Waals surface area contributed by atoms with Crippen molar-refractivity contribution in [3.63, 3.8) is 0 Å². The van der Waals surface area contributed by atoms with Gasteiger partial charge in [0, 0.05) is 31.6 Å². The Hall–Kier alpha value is -1.55. The van der Waals surface area contributed by atoms with Gasteiger partial charge in [0.05, 0.1) is 6.61 Å². The fourth-order valence-electron chi connectivity index (χ4n) is 2.55. The SMILES string of the molecule is O=C(c1ccc2c(c1)CCO2)N1CCCNCC1. The zero-order chi connectivity index (χ0) is 12.4.